The maximum atomic E-state index is 12.1. The lowest BCUT2D eigenvalue weighted by molar-refractivity contribution is -0.111. The van der Waals surface area contributed by atoms with Gasteiger partial charge in [0.2, 0.25) is 0 Å². The van der Waals surface area contributed by atoms with Crippen molar-refractivity contribution in [2.45, 2.75) is 0 Å². The van der Waals surface area contributed by atoms with Crippen LogP contribution in [0, 0.1) is 0 Å². The van der Waals surface area contributed by atoms with Crippen molar-refractivity contribution in [3.05, 3.63) is 90.7 Å². The van der Waals surface area contributed by atoms with Crippen LogP contribution in [0.2, 0.25) is 0 Å². The van der Waals surface area contributed by atoms with Crippen molar-refractivity contribution >= 4 is 22.6 Å². The van der Waals surface area contributed by atoms with E-state index in [0.29, 0.717) is 5.57 Å². The number of carbonyl (C=O) groups is 1. The van der Waals surface area contributed by atoms with Crippen molar-refractivity contribution in [2.24, 2.45) is 5.73 Å². The molecule has 2 nitrogen and oxygen atoms in total. The molecule has 104 valence electrons. The van der Waals surface area contributed by atoms with E-state index in [-0.39, 0.29) is 5.78 Å². The van der Waals surface area contributed by atoms with E-state index >= 15 is 0 Å². The Labute approximate surface area is 124 Å². The van der Waals surface area contributed by atoms with E-state index in [0.717, 1.165) is 16.3 Å². The largest absolute Gasteiger partial charge is 0.405 e. The number of benzene rings is 2. The van der Waals surface area contributed by atoms with Crippen LogP contribution in [0.3, 0.4) is 0 Å². The molecule has 2 aromatic rings. The van der Waals surface area contributed by atoms with Gasteiger partial charge in [-0.2, -0.15) is 0 Å². The minimum Gasteiger partial charge on any atom is -0.405 e. The summed E-state index contributed by atoms with van der Waals surface area (Å²) in [5.41, 5.74) is 6.86. The van der Waals surface area contributed by atoms with Crippen LogP contribution in [-0.4, -0.2) is 5.78 Å². The Morgan fingerprint density at radius 2 is 1.81 bits per heavy atom. The van der Waals surface area contributed by atoms with Gasteiger partial charge in [-0.1, -0.05) is 67.3 Å². The van der Waals surface area contributed by atoms with Crippen LogP contribution in [0.4, 0.5) is 0 Å². The maximum absolute atomic E-state index is 12.1. The zero-order valence-electron chi connectivity index (χ0n) is 11.7. The van der Waals surface area contributed by atoms with Crippen LogP contribution < -0.4 is 5.73 Å². The van der Waals surface area contributed by atoms with Crippen LogP contribution in [0.15, 0.2) is 85.1 Å². The van der Waals surface area contributed by atoms with Gasteiger partial charge in [0.1, 0.15) is 0 Å². The predicted octanol–water partition coefficient (Wildman–Crippen LogP) is 4.01. The molecule has 0 fully saturated rings. The van der Waals surface area contributed by atoms with Crippen molar-refractivity contribution < 1.29 is 4.79 Å². The fourth-order valence-electron chi connectivity index (χ4n) is 2.11. The number of hydrogen-bond acceptors (Lipinski definition) is 2. The van der Waals surface area contributed by atoms with Gasteiger partial charge in [0, 0.05) is 5.57 Å². The summed E-state index contributed by atoms with van der Waals surface area (Å²) in [6.07, 6.45) is 9.50. The monoisotopic (exact) mass is 275 g/mol. The number of fused-ring (bicyclic) bond motifs is 1. The fraction of sp³-hybridized carbons (Fsp3) is 0. The topological polar surface area (TPSA) is 43.1 Å². The molecule has 0 aliphatic carbocycles. The van der Waals surface area contributed by atoms with Gasteiger partial charge in [-0.3, -0.25) is 4.79 Å². The van der Waals surface area contributed by atoms with Crippen LogP contribution >= 0.6 is 0 Å². The third-order valence-corrected chi connectivity index (χ3v) is 3.10. The highest BCUT2D eigenvalue weighted by Crippen LogP contribution is 2.19. The predicted molar refractivity (Wildman–Crippen MR) is 89.6 cm³/mol. The number of ketones is 1. The highest BCUT2D eigenvalue weighted by Gasteiger charge is 2.02. The Hall–Kier alpha value is -2.87. The second kappa shape index (κ2) is 7.06. The summed E-state index contributed by atoms with van der Waals surface area (Å²) in [5, 5.41) is 2.27. The lowest BCUT2D eigenvalue weighted by Gasteiger charge is -2.01. The Morgan fingerprint density at radius 1 is 1.05 bits per heavy atom. The Morgan fingerprint density at radius 3 is 2.57 bits per heavy atom. The number of allylic oxidation sites excluding steroid dienone is 5. The molecule has 0 saturated carbocycles. The molecule has 2 N–H and O–H groups in total. The third kappa shape index (κ3) is 3.57. The van der Waals surface area contributed by atoms with Gasteiger partial charge in [0.15, 0.2) is 5.78 Å². The minimum atomic E-state index is -0.107. The number of hydrogen-bond donors (Lipinski definition) is 1. The van der Waals surface area contributed by atoms with Gasteiger partial charge in [0.25, 0.3) is 0 Å². The first kappa shape index (κ1) is 14.5. The smallest absolute Gasteiger partial charge is 0.185 e. The standard InChI is InChI=1S/C19H17NO/c1-2-6-17(13-14-20)19(21)12-11-16-9-5-8-15-7-3-4-10-18(15)16/h2-14H,1,20H2/b12-11+,14-13-,17-6+. The zero-order valence-corrected chi connectivity index (χ0v) is 11.7. The first-order chi connectivity index (χ1) is 10.3. The molecular weight excluding hydrogens is 258 g/mol. The lowest BCUT2D eigenvalue weighted by Crippen LogP contribution is -1.96. The molecule has 0 atom stereocenters. The Kier molecular flexibility index (Phi) is 4.89. The molecule has 0 amide bonds. The van der Waals surface area contributed by atoms with Gasteiger partial charge in [0.05, 0.1) is 0 Å². The molecule has 0 aliphatic heterocycles. The van der Waals surface area contributed by atoms with Crippen molar-refractivity contribution in [3.8, 4) is 0 Å². The van der Waals surface area contributed by atoms with Crippen molar-refractivity contribution in [3.63, 3.8) is 0 Å². The van der Waals surface area contributed by atoms with E-state index in [1.165, 1.54) is 6.20 Å². The highest BCUT2D eigenvalue weighted by molar-refractivity contribution is 6.09. The normalized spacial score (nSPS) is 12.3. The van der Waals surface area contributed by atoms with Gasteiger partial charge >= 0.3 is 0 Å². The summed E-state index contributed by atoms with van der Waals surface area (Å²) in [4.78, 5) is 12.1. The van der Waals surface area contributed by atoms with Gasteiger partial charge in [-0.25, -0.2) is 0 Å². The molecule has 2 heteroatoms. The van der Waals surface area contributed by atoms with Crippen molar-refractivity contribution in [2.75, 3.05) is 0 Å². The second-order valence-electron chi connectivity index (χ2n) is 4.48. The van der Waals surface area contributed by atoms with E-state index in [4.69, 9.17) is 5.73 Å². The molecule has 0 radical (unpaired) electrons. The number of nitrogens with two attached hydrogens (primary N) is 1. The second-order valence-corrected chi connectivity index (χ2v) is 4.48. The van der Waals surface area contributed by atoms with E-state index in [1.54, 1.807) is 24.3 Å². The quantitative estimate of drug-likeness (QED) is 0.662. The summed E-state index contributed by atoms with van der Waals surface area (Å²) >= 11 is 0. The number of rotatable bonds is 5. The van der Waals surface area contributed by atoms with Gasteiger partial charge < -0.3 is 5.73 Å². The SMILES string of the molecule is C=C/C=C(\C=C/N)C(=O)/C=C/c1cccc2ccccc12. The molecule has 21 heavy (non-hydrogen) atoms. The average Bonchev–Trinajstić information content (AvgIpc) is 2.52. The molecule has 2 rings (SSSR count). The van der Waals surface area contributed by atoms with Gasteiger partial charge in [-0.05, 0) is 34.7 Å². The van der Waals surface area contributed by atoms with E-state index in [2.05, 4.69) is 18.7 Å². The van der Waals surface area contributed by atoms with E-state index in [1.807, 2.05) is 36.4 Å². The first-order valence-electron chi connectivity index (χ1n) is 6.67. The van der Waals surface area contributed by atoms with Crippen LogP contribution in [0.25, 0.3) is 16.8 Å². The summed E-state index contributed by atoms with van der Waals surface area (Å²) in [6, 6.07) is 14.1. The summed E-state index contributed by atoms with van der Waals surface area (Å²) < 4.78 is 0. The van der Waals surface area contributed by atoms with Crippen LogP contribution in [-0.2, 0) is 4.79 Å². The van der Waals surface area contributed by atoms with Crippen LogP contribution in [0.1, 0.15) is 5.56 Å². The molecule has 0 bridgehead atoms. The molecule has 0 spiro atoms. The van der Waals surface area contributed by atoms with Gasteiger partial charge in [-0.15, -0.1) is 0 Å². The molecule has 0 saturated heterocycles. The number of carbonyl (C=O) groups excluding carboxylic acids is 1. The van der Waals surface area contributed by atoms with Crippen LogP contribution in [0.5, 0.6) is 0 Å². The van der Waals surface area contributed by atoms with E-state index < -0.39 is 0 Å². The molecular formula is C19H17NO. The average molecular weight is 275 g/mol. The maximum Gasteiger partial charge on any atom is 0.185 e. The fourth-order valence-corrected chi connectivity index (χ4v) is 2.11. The third-order valence-electron chi connectivity index (χ3n) is 3.10. The molecule has 2 aromatic carbocycles. The Balaban J connectivity index is 2.33. The van der Waals surface area contributed by atoms with Crippen molar-refractivity contribution in [1.82, 2.24) is 0 Å². The van der Waals surface area contributed by atoms with Crippen molar-refractivity contribution in [1.29, 1.82) is 0 Å². The first-order valence-corrected chi connectivity index (χ1v) is 6.67. The molecule has 0 aliphatic rings. The summed E-state index contributed by atoms with van der Waals surface area (Å²) in [5.74, 6) is -0.107. The highest BCUT2D eigenvalue weighted by atomic mass is 16.1. The summed E-state index contributed by atoms with van der Waals surface area (Å²) in [7, 11) is 0. The molecule has 0 unspecified atom stereocenters. The molecule has 0 aromatic heterocycles. The lowest BCUT2D eigenvalue weighted by atomic mass is 10.0. The summed E-state index contributed by atoms with van der Waals surface area (Å²) in [6.45, 7) is 3.60. The van der Waals surface area contributed by atoms with E-state index in [9.17, 15) is 4.79 Å². The minimum absolute atomic E-state index is 0.107. The zero-order chi connectivity index (χ0) is 15.1. The Bertz CT molecular complexity index is 746. The molecule has 0 heterocycles.